The van der Waals surface area contributed by atoms with Gasteiger partial charge in [-0.1, -0.05) is 19.9 Å². The molecule has 2 saturated carbocycles. The standard InChI is InChI=1S/C13H25N3/c1-9-3-4-11-5-6-13(15,16-8-14)10(2)12(9)7-11/h9,11-12,16H,2-8,14-15H2,1H3/t9-,11?,12?,13-/m1/s1. The minimum absolute atomic E-state index is 0.424. The van der Waals surface area contributed by atoms with Crippen LogP contribution in [0.4, 0.5) is 0 Å². The van der Waals surface area contributed by atoms with Crippen molar-refractivity contribution >= 4 is 0 Å². The summed E-state index contributed by atoms with van der Waals surface area (Å²) in [5, 5.41) is 3.24. The predicted molar refractivity (Wildman–Crippen MR) is 67.5 cm³/mol. The molecule has 0 aromatic heterocycles. The van der Waals surface area contributed by atoms with Gasteiger partial charge < -0.3 is 11.5 Å². The van der Waals surface area contributed by atoms with Crippen molar-refractivity contribution in [3.63, 3.8) is 0 Å². The fourth-order valence-electron chi connectivity index (χ4n) is 3.46. The Morgan fingerprint density at radius 2 is 2.19 bits per heavy atom. The van der Waals surface area contributed by atoms with Gasteiger partial charge in [0.25, 0.3) is 0 Å². The zero-order valence-corrected chi connectivity index (χ0v) is 10.3. The van der Waals surface area contributed by atoms with E-state index >= 15 is 0 Å². The SMILES string of the molecule is C=C1C2CC(CC[C@H]2C)CC[C@@]1(N)NCN. The van der Waals surface area contributed by atoms with Crippen LogP contribution in [0.3, 0.4) is 0 Å². The van der Waals surface area contributed by atoms with Gasteiger partial charge in [0.15, 0.2) is 0 Å². The van der Waals surface area contributed by atoms with Gasteiger partial charge in [0, 0.05) is 6.67 Å². The smallest absolute Gasteiger partial charge is 0.0893 e. The molecular weight excluding hydrogens is 198 g/mol. The summed E-state index contributed by atoms with van der Waals surface area (Å²) in [5.74, 6) is 2.16. The number of fused-ring (bicyclic) bond motifs is 2. The number of hydrogen-bond acceptors (Lipinski definition) is 3. The molecule has 2 aliphatic carbocycles. The van der Waals surface area contributed by atoms with Crippen LogP contribution in [-0.2, 0) is 0 Å². The maximum atomic E-state index is 6.44. The summed E-state index contributed by atoms with van der Waals surface area (Å²) in [7, 11) is 0. The van der Waals surface area contributed by atoms with E-state index in [1.165, 1.54) is 31.3 Å². The lowest BCUT2D eigenvalue weighted by atomic mass is 9.72. The van der Waals surface area contributed by atoms with Crippen molar-refractivity contribution in [1.29, 1.82) is 0 Å². The molecule has 3 nitrogen and oxygen atoms in total. The Morgan fingerprint density at radius 3 is 2.88 bits per heavy atom. The van der Waals surface area contributed by atoms with Crippen LogP contribution in [0, 0.1) is 17.8 Å². The van der Waals surface area contributed by atoms with Crippen molar-refractivity contribution in [2.75, 3.05) is 6.67 Å². The van der Waals surface area contributed by atoms with Crippen LogP contribution in [0.25, 0.3) is 0 Å². The normalized spacial score (nSPS) is 44.2. The maximum Gasteiger partial charge on any atom is 0.0893 e. The van der Waals surface area contributed by atoms with Gasteiger partial charge in [0.1, 0.15) is 0 Å². The molecule has 2 rings (SSSR count). The summed E-state index contributed by atoms with van der Waals surface area (Å²) in [6.07, 6.45) is 6.17. The Morgan fingerprint density at radius 1 is 1.44 bits per heavy atom. The molecule has 0 aliphatic heterocycles. The van der Waals surface area contributed by atoms with Gasteiger partial charge >= 0.3 is 0 Å². The highest BCUT2D eigenvalue weighted by molar-refractivity contribution is 5.21. The summed E-state index contributed by atoms with van der Waals surface area (Å²) >= 11 is 0. The highest BCUT2D eigenvalue weighted by atomic mass is 15.1. The summed E-state index contributed by atoms with van der Waals surface area (Å²) in [6.45, 7) is 7.04. The average Bonchev–Trinajstić information content (AvgIpc) is 2.36. The van der Waals surface area contributed by atoms with Gasteiger partial charge in [-0.2, -0.15) is 0 Å². The van der Waals surface area contributed by atoms with E-state index in [1.807, 2.05) is 0 Å². The van der Waals surface area contributed by atoms with E-state index in [2.05, 4.69) is 18.8 Å². The second-order valence-corrected chi connectivity index (χ2v) is 5.68. The van der Waals surface area contributed by atoms with E-state index in [1.54, 1.807) is 0 Å². The second-order valence-electron chi connectivity index (χ2n) is 5.68. The van der Waals surface area contributed by atoms with Crippen LogP contribution in [0.15, 0.2) is 12.2 Å². The number of nitrogens with two attached hydrogens (primary N) is 2. The molecule has 3 heteroatoms. The van der Waals surface area contributed by atoms with E-state index in [0.717, 1.165) is 18.3 Å². The molecule has 0 aromatic rings. The lowest BCUT2D eigenvalue weighted by Crippen LogP contribution is -2.57. The van der Waals surface area contributed by atoms with E-state index in [0.29, 0.717) is 12.6 Å². The van der Waals surface area contributed by atoms with Crippen molar-refractivity contribution in [2.24, 2.45) is 29.2 Å². The van der Waals surface area contributed by atoms with Gasteiger partial charge in [0.2, 0.25) is 0 Å². The first-order valence-corrected chi connectivity index (χ1v) is 6.50. The molecule has 16 heavy (non-hydrogen) atoms. The zero-order chi connectivity index (χ0) is 11.8. The maximum absolute atomic E-state index is 6.44. The molecule has 2 bridgehead atoms. The molecule has 0 heterocycles. The molecular formula is C13H25N3. The Hall–Kier alpha value is -0.380. The molecule has 5 N–H and O–H groups in total. The fraction of sp³-hybridized carbons (Fsp3) is 0.846. The molecule has 0 saturated heterocycles. The lowest BCUT2D eigenvalue weighted by Gasteiger charge is -2.38. The summed E-state index contributed by atoms with van der Waals surface area (Å²) in [5.41, 5.74) is 12.8. The molecule has 92 valence electrons. The molecule has 0 radical (unpaired) electrons. The minimum Gasteiger partial charge on any atom is -0.318 e. The van der Waals surface area contributed by atoms with Gasteiger partial charge in [-0.25, -0.2) is 0 Å². The van der Waals surface area contributed by atoms with Crippen molar-refractivity contribution in [2.45, 2.75) is 44.7 Å². The first kappa shape index (κ1) is 12.1. The second kappa shape index (κ2) is 4.47. The Balaban J connectivity index is 2.21. The first-order chi connectivity index (χ1) is 7.57. The zero-order valence-electron chi connectivity index (χ0n) is 10.3. The third-order valence-electron chi connectivity index (χ3n) is 4.69. The summed E-state index contributed by atoms with van der Waals surface area (Å²) in [6, 6.07) is 0. The molecule has 0 aromatic carbocycles. The Bertz CT molecular complexity index is 276. The van der Waals surface area contributed by atoms with Crippen molar-refractivity contribution < 1.29 is 0 Å². The van der Waals surface area contributed by atoms with Crippen LogP contribution in [0.2, 0.25) is 0 Å². The van der Waals surface area contributed by atoms with Crippen molar-refractivity contribution in [1.82, 2.24) is 5.32 Å². The average molecular weight is 223 g/mol. The van der Waals surface area contributed by atoms with E-state index in [-0.39, 0.29) is 0 Å². The minimum atomic E-state index is -0.424. The number of nitrogens with one attached hydrogen (secondary N) is 1. The Labute approximate surface area is 98.6 Å². The first-order valence-electron chi connectivity index (χ1n) is 6.50. The van der Waals surface area contributed by atoms with Gasteiger partial charge in [-0.3, -0.25) is 5.32 Å². The van der Waals surface area contributed by atoms with E-state index < -0.39 is 5.66 Å². The quantitative estimate of drug-likeness (QED) is 0.491. The van der Waals surface area contributed by atoms with Gasteiger partial charge in [-0.05, 0) is 49.0 Å². The van der Waals surface area contributed by atoms with Gasteiger partial charge in [0.05, 0.1) is 5.66 Å². The van der Waals surface area contributed by atoms with Crippen molar-refractivity contribution in [3.8, 4) is 0 Å². The number of rotatable bonds is 2. The molecule has 2 fully saturated rings. The third kappa shape index (κ3) is 2.04. The van der Waals surface area contributed by atoms with Crippen molar-refractivity contribution in [3.05, 3.63) is 12.2 Å². The molecule has 2 aliphatic rings. The van der Waals surface area contributed by atoms with Crippen LogP contribution >= 0.6 is 0 Å². The Kier molecular flexibility index (Phi) is 3.38. The highest BCUT2D eigenvalue weighted by Crippen LogP contribution is 2.45. The van der Waals surface area contributed by atoms with E-state index in [4.69, 9.17) is 11.5 Å². The lowest BCUT2D eigenvalue weighted by molar-refractivity contribution is 0.223. The van der Waals surface area contributed by atoms with Crippen LogP contribution in [-0.4, -0.2) is 12.3 Å². The predicted octanol–water partition coefficient (Wildman–Crippen LogP) is 1.55. The molecule has 2 unspecified atom stereocenters. The fourth-order valence-corrected chi connectivity index (χ4v) is 3.46. The largest absolute Gasteiger partial charge is 0.318 e. The summed E-state index contributed by atoms with van der Waals surface area (Å²) < 4.78 is 0. The van der Waals surface area contributed by atoms with Crippen LogP contribution in [0.1, 0.15) is 39.0 Å². The van der Waals surface area contributed by atoms with E-state index in [9.17, 15) is 0 Å². The monoisotopic (exact) mass is 223 g/mol. The highest BCUT2D eigenvalue weighted by Gasteiger charge is 2.41. The molecule has 0 amide bonds. The topological polar surface area (TPSA) is 64.1 Å². The van der Waals surface area contributed by atoms with Gasteiger partial charge in [-0.15, -0.1) is 0 Å². The summed E-state index contributed by atoms with van der Waals surface area (Å²) in [4.78, 5) is 0. The van der Waals surface area contributed by atoms with Crippen LogP contribution < -0.4 is 16.8 Å². The third-order valence-corrected chi connectivity index (χ3v) is 4.69. The number of hydrogen-bond donors (Lipinski definition) is 3. The molecule has 0 spiro atoms. The van der Waals surface area contributed by atoms with Crippen LogP contribution in [0.5, 0.6) is 0 Å². The molecule has 4 atom stereocenters.